The topological polar surface area (TPSA) is 61.5 Å². The number of rotatable bonds is 4. The maximum absolute atomic E-state index is 13.5. The highest BCUT2D eigenvalue weighted by molar-refractivity contribution is 5.85. The lowest BCUT2D eigenvalue weighted by Crippen LogP contribution is -2.45. The van der Waals surface area contributed by atoms with Gasteiger partial charge < -0.3 is 16.2 Å². The van der Waals surface area contributed by atoms with Crippen LogP contribution in [0.2, 0.25) is 0 Å². The van der Waals surface area contributed by atoms with E-state index < -0.39 is 5.82 Å². The molecule has 1 atom stereocenters. The number of nitrogens with two attached hydrogens (primary N) is 1. The predicted octanol–water partition coefficient (Wildman–Crippen LogP) is 2.48. The van der Waals surface area contributed by atoms with Crippen LogP contribution < -0.4 is 11.1 Å². The Kier molecular flexibility index (Phi) is 8.66. The summed E-state index contributed by atoms with van der Waals surface area (Å²) < 4.78 is 13.5. The minimum absolute atomic E-state index is 0. The molecule has 1 aliphatic rings. The number of aromatic hydroxyl groups is 1. The Morgan fingerprint density at radius 3 is 2.57 bits per heavy atom. The van der Waals surface area contributed by atoms with Crippen molar-refractivity contribution >= 4 is 30.5 Å². The fourth-order valence-corrected chi connectivity index (χ4v) is 2.52. The number of hydrogen-bond acceptors (Lipinski definition) is 4. The van der Waals surface area contributed by atoms with Gasteiger partial charge in [-0.05, 0) is 12.5 Å². The fourth-order valence-electron chi connectivity index (χ4n) is 2.52. The molecule has 0 saturated carbocycles. The largest absolute Gasteiger partial charge is 0.505 e. The molecule has 1 aromatic rings. The Morgan fingerprint density at radius 2 is 2.00 bits per heavy atom. The molecule has 0 bridgehead atoms. The minimum Gasteiger partial charge on any atom is -0.505 e. The molecule has 1 heterocycles. The van der Waals surface area contributed by atoms with Gasteiger partial charge in [-0.3, -0.25) is 4.90 Å². The van der Waals surface area contributed by atoms with Crippen molar-refractivity contribution in [3.8, 4) is 5.75 Å². The highest BCUT2D eigenvalue weighted by Crippen LogP contribution is 2.36. The van der Waals surface area contributed by atoms with Crippen LogP contribution in [-0.2, 0) is 0 Å². The predicted molar refractivity (Wildman–Crippen MR) is 89.0 cm³/mol. The van der Waals surface area contributed by atoms with Crippen LogP contribution in [0.3, 0.4) is 0 Å². The first-order chi connectivity index (χ1) is 9.13. The van der Waals surface area contributed by atoms with Gasteiger partial charge >= 0.3 is 0 Å². The second kappa shape index (κ2) is 9.10. The number of nitrogens with one attached hydrogen (secondary N) is 1. The summed E-state index contributed by atoms with van der Waals surface area (Å²) in [6.07, 6.45) is 2.43. The van der Waals surface area contributed by atoms with E-state index in [1.165, 1.54) is 6.07 Å². The quantitative estimate of drug-likeness (QED) is 0.448. The number of phenols is 1. The molecule has 4 nitrogen and oxygen atoms in total. The van der Waals surface area contributed by atoms with Crippen LogP contribution in [-0.4, -0.2) is 36.2 Å². The van der Waals surface area contributed by atoms with Crippen molar-refractivity contribution in [2.45, 2.75) is 12.5 Å². The summed E-state index contributed by atoms with van der Waals surface area (Å²) in [4.78, 5) is 2.21. The molecule has 0 aromatic heterocycles. The third-order valence-corrected chi connectivity index (χ3v) is 3.47. The highest BCUT2D eigenvalue weighted by atomic mass is 35.5. The first kappa shape index (κ1) is 20.0. The smallest absolute Gasteiger partial charge is 0.143 e. The highest BCUT2D eigenvalue weighted by Gasteiger charge is 2.24. The van der Waals surface area contributed by atoms with Crippen LogP contribution in [0, 0.1) is 5.82 Å². The molecule has 0 spiro atoms. The number of halogens is 3. The number of anilines is 1. The molecular formula is C14H22Cl2FN3O. The van der Waals surface area contributed by atoms with E-state index in [1.807, 2.05) is 0 Å². The second-order valence-electron chi connectivity index (χ2n) is 4.76. The lowest BCUT2D eigenvalue weighted by atomic mass is 9.99. The lowest BCUT2D eigenvalue weighted by Gasteiger charge is -2.35. The summed E-state index contributed by atoms with van der Waals surface area (Å²) in [6.45, 7) is 7.23. The zero-order valence-corrected chi connectivity index (χ0v) is 13.4. The molecule has 4 N–H and O–H groups in total. The Balaban J connectivity index is 0.00000200. The molecule has 7 heteroatoms. The van der Waals surface area contributed by atoms with Gasteiger partial charge in [-0.25, -0.2) is 4.39 Å². The molecule has 1 aliphatic heterocycles. The summed E-state index contributed by atoms with van der Waals surface area (Å²) in [7, 11) is 0. The first-order valence-electron chi connectivity index (χ1n) is 6.47. The zero-order chi connectivity index (χ0) is 13.8. The maximum Gasteiger partial charge on any atom is 0.143 e. The van der Waals surface area contributed by atoms with E-state index in [1.54, 1.807) is 6.08 Å². The van der Waals surface area contributed by atoms with E-state index in [9.17, 15) is 9.50 Å². The number of phenolic OH excluding ortho intramolecular Hbond substituents is 1. The molecular weight excluding hydrogens is 316 g/mol. The summed E-state index contributed by atoms with van der Waals surface area (Å²) in [6, 6.07) is 2.42. The summed E-state index contributed by atoms with van der Waals surface area (Å²) in [5.74, 6) is -0.443. The fraction of sp³-hybridized carbons (Fsp3) is 0.429. The van der Waals surface area contributed by atoms with Gasteiger partial charge in [-0.1, -0.05) is 6.08 Å². The van der Waals surface area contributed by atoms with E-state index in [0.717, 1.165) is 32.2 Å². The van der Waals surface area contributed by atoms with Gasteiger partial charge in [0.2, 0.25) is 0 Å². The number of piperazine rings is 1. The maximum atomic E-state index is 13.5. The number of hydrogen-bond donors (Lipinski definition) is 3. The average Bonchev–Trinajstić information content (AvgIpc) is 2.41. The Labute approximate surface area is 137 Å². The van der Waals surface area contributed by atoms with Crippen LogP contribution in [0.1, 0.15) is 18.0 Å². The van der Waals surface area contributed by atoms with E-state index >= 15 is 0 Å². The van der Waals surface area contributed by atoms with Crippen LogP contribution >= 0.6 is 24.8 Å². The number of nitrogen functional groups attached to an aromatic ring is 1. The standard InChI is InChI=1S/C14H20FN3O.2ClH/c1-2-3-13(18-6-4-17-5-7-18)11-8-10(15)9-12(16)14(11)19;;/h2,8-9,13,17,19H,1,3-7,16H2;2*1H/t13-;;/m0../s1. The Bertz CT molecular complexity index is 468. The normalized spacial score (nSPS) is 16.4. The van der Waals surface area contributed by atoms with Gasteiger partial charge in [-0.2, -0.15) is 0 Å². The SMILES string of the molecule is C=CC[C@@H](c1cc(F)cc(N)c1O)N1CCNCC1.Cl.Cl. The molecule has 0 unspecified atom stereocenters. The summed E-state index contributed by atoms with van der Waals surface area (Å²) in [5.41, 5.74) is 6.26. The summed E-state index contributed by atoms with van der Waals surface area (Å²) in [5, 5.41) is 13.4. The first-order valence-corrected chi connectivity index (χ1v) is 6.47. The molecule has 0 aliphatic carbocycles. The molecule has 1 saturated heterocycles. The van der Waals surface area contributed by atoms with Crippen molar-refractivity contribution in [3.05, 3.63) is 36.2 Å². The van der Waals surface area contributed by atoms with Crippen LogP contribution in [0.5, 0.6) is 5.75 Å². The monoisotopic (exact) mass is 337 g/mol. The van der Waals surface area contributed by atoms with Crippen LogP contribution in [0.15, 0.2) is 24.8 Å². The van der Waals surface area contributed by atoms with E-state index in [2.05, 4.69) is 16.8 Å². The van der Waals surface area contributed by atoms with Crippen molar-refractivity contribution in [2.75, 3.05) is 31.9 Å². The van der Waals surface area contributed by atoms with E-state index in [4.69, 9.17) is 5.73 Å². The molecule has 0 radical (unpaired) electrons. The second-order valence-corrected chi connectivity index (χ2v) is 4.76. The van der Waals surface area contributed by atoms with E-state index in [-0.39, 0.29) is 42.3 Å². The molecule has 2 rings (SSSR count). The minimum atomic E-state index is -0.422. The molecule has 1 aromatic carbocycles. The van der Waals surface area contributed by atoms with Gasteiger partial charge in [0.25, 0.3) is 0 Å². The van der Waals surface area contributed by atoms with Crippen molar-refractivity contribution < 1.29 is 9.50 Å². The molecule has 1 fully saturated rings. The van der Waals surface area contributed by atoms with Crippen molar-refractivity contribution in [2.24, 2.45) is 0 Å². The number of benzene rings is 1. The van der Waals surface area contributed by atoms with Crippen LogP contribution in [0.25, 0.3) is 0 Å². The van der Waals surface area contributed by atoms with Crippen molar-refractivity contribution in [1.29, 1.82) is 0 Å². The van der Waals surface area contributed by atoms with Gasteiger partial charge in [-0.15, -0.1) is 31.4 Å². The van der Waals surface area contributed by atoms with Crippen molar-refractivity contribution in [3.63, 3.8) is 0 Å². The van der Waals surface area contributed by atoms with Crippen LogP contribution in [0.4, 0.5) is 10.1 Å². The molecule has 120 valence electrons. The molecule has 21 heavy (non-hydrogen) atoms. The van der Waals surface area contributed by atoms with Crippen molar-refractivity contribution in [1.82, 2.24) is 10.2 Å². The Morgan fingerprint density at radius 1 is 1.38 bits per heavy atom. The lowest BCUT2D eigenvalue weighted by molar-refractivity contribution is 0.171. The number of nitrogens with zero attached hydrogens (tertiary/aromatic N) is 1. The third-order valence-electron chi connectivity index (χ3n) is 3.47. The van der Waals surface area contributed by atoms with Gasteiger partial charge in [0.05, 0.1) is 5.69 Å². The third kappa shape index (κ3) is 4.74. The van der Waals surface area contributed by atoms with Gasteiger partial charge in [0.1, 0.15) is 11.6 Å². The van der Waals surface area contributed by atoms with Gasteiger partial charge in [0.15, 0.2) is 0 Å². The molecule has 0 amide bonds. The summed E-state index contributed by atoms with van der Waals surface area (Å²) >= 11 is 0. The van der Waals surface area contributed by atoms with Gasteiger partial charge in [0, 0.05) is 43.9 Å². The Hall–Kier alpha value is -1.01. The average molecular weight is 338 g/mol. The van der Waals surface area contributed by atoms with E-state index in [0.29, 0.717) is 12.0 Å². The zero-order valence-electron chi connectivity index (χ0n) is 11.7.